The highest BCUT2D eigenvalue weighted by Crippen LogP contribution is 2.49. The number of furan rings is 1. The molecule has 0 saturated carbocycles. The van der Waals surface area contributed by atoms with Gasteiger partial charge in [0.15, 0.2) is 0 Å². The molecule has 0 spiro atoms. The first kappa shape index (κ1) is 20.1. The van der Waals surface area contributed by atoms with Gasteiger partial charge >= 0.3 is 0 Å². The summed E-state index contributed by atoms with van der Waals surface area (Å²) in [5.74, 6) is 0.682. The summed E-state index contributed by atoms with van der Waals surface area (Å²) in [6, 6.07) is 15.5. The fraction of sp³-hybridized carbons (Fsp3) is 0. The van der Waals surface area contributed by atoms with E-state index in [1.165, 1.54) is 0 Å². The number of rotatable bonds is 5. The van der Waals surface area contributed by atoms with E-state index < -0.39 is 0 Å². The van der Waals surface area contributed by atoms with Crippen LogP contribution in [0.1, 0.15) is 0 Å². The SMILES string of the molecule is c1cnnc(-c2c(-c3cnccn3)[nH]c3cc(-c4ccc[nH]4)c(-c4ccon4)c(-c4ccco4)c23)c1. The number of H-pyrrole nitrogens is 2. The van der Waals surface area contributed by atoms with Crippen LogP contribution in [0.2, 0.25) is 0 Å². The van der Waals surface area contributed by atoms with Gasteiger partial charge in [0.1, 0.15) is 23.4 Å². The van der Waals surface area contributed by atoms with Gasteiger partial charge in [0, 0.05) is 69.7 Å². The molecule has 0 aliphatic rings. The fourth-order valence-corrected chi connectivity index (χ4v) is 4.66. The maximum atomic E-state index is 6.00. The van der Waals surface area contributed by atoms with Crippen molar-refractivity contribution >= 4 is 10.9 Å². The van der Waals surface area contributed by atoms with Crippen molar-refractivity contribution in [2.24, 2.45) is 0 Å². The van der Waals surface area contributed by atoms with E-state index in [-0.39, 0.29) is 0 Å². The Hall–Kier alpha value is -5.31. The Morgan fingerprint density at radius 3 is 2.53 bits per heavy atom. The van der Waals surface area contributed by atoms with Gasteiger partial charge in [0.2, 0.25) is 0 Å². The van der Waals surface area contributed by atoms with E-state index in [1.807, 2.05) is 48.7 Å². The molecule has 9 heteroatoms. The number of aromatic amines is 2. The Labute approximate surface area is 203 Å². The number of aromatic nitrogens is 7. The Kier molecular flexibility index (Phi) is 4.56. The quantitative estimate of drug-likeness (QED) is 0.316. The molecule has 0 fully saturated rings. The number of fused-ring (bicyclic) bond motifs is 1. The van der Waals surface area contributed by atoms with Crippen LogP contribution in [0.5, 0.6) is 0 Å². The van der Waals surface area contributed by atoms with E-state index in [2.05, 4.69) is 41.4 Å². The van der Waals surface area contributed by atoms with Crippen molar-refractivity contribution in [1.29, 1.82) is 0 Å². The van der Waals surface area contributed by atoms with Gasteiger partial charge in [0.25, 0.3) is 0 Å². The molecular weight excluding hydrogens is 454 g/mol. The summed E-state index contributed by atoms with van der Waals surface area (Å²) in [7, 11) is 0. The predicted octanol–water partition coefficient (Wildman–Crippen LogP) is 5.99. The van der Waals surface area contributed by atoms with Crippen molar-refractivity contribution in [2.75, 3.05) is 0 Å². The molecule has 6 aromatic heterocycles. The molecule has 172 valence electrons. The lowest BCUT2D eigenvalue weighted by molar-refractivity contribution is 0.422. The number of hydrogen-bond donors (Lipinski definition) is 2. The third kappa shape index (κ3) is 3.14. The molecule has 0 amide bonds. The zero-order valence-corrected chi connectivity index (χ0v) is 18.7. The number of hydrogen-bond acceptors (Lipinski definition) is 7. The highest BCUT2D eigenvalue weighted by Gasteiger charge is 2.28. The zero-order chi connectivity index (χ0) is 23.9. The number of nitrogens with one attached hydrogen (secondary N) is 2. The minimum Gasteiger partial charge on any atom is -0.464 e. The summed E-state index contributed by atoms with van der Waals surface area (Å²) in [6.07, 6.45) is 11.8. The van der Waals surface area contributed by atoms with E-state index in [1.54, 1.807) is 37.3 Å². The van der Waals surface area contributed by atoms with Gasteiger partial charge < -0.3 is 18.9 Å². The molecule has 36 heavy (non-hydrogen) atoms. The van der Waals surface area contributed by atoms with Crippen molar-refractivity contribution in [1.82, 2.24) is 35.3 Å². The summed E-state index contributed by atoms with van der Waals surface area (Å²) in [5.41, 5.74) is 8.13. The number of nitrogens with zero attached hydrogens (tertiary/aromatic N) is 5. The molecule has 0 unspecified atom stereocenters. The molecule has 2 N–H and O–H groups in total. The molecule has 0 bridgehead atoms. The maximum absolute atomic E-state index is 6.00. The minimum atomic E-state index is 0.681. The van der Waals surface area contributed by atoms with E-state index in [9.17, 15) is 0 Å². The highest BCUT2D eigenvalue weighted by molar-refractivity contribution is 6.16. The van der Waals surface area contributed by atoms with Crippen LogP contribution in [-0.4, -0.2) is 35.3 Å². The molecule has 6 heterocycles. The lowest BCUT2D eigenvalue weighted by Crippen LogP contribution is -1.94. The van der Waals surface area contributed by atoms with Crippen LogP contribution < -0.4 is 0 Å². The van der Waals surface area contributed by atoms with Gasteiger partial charge in [-0.25, -0.2) is 0 Å². The number of benzene rings is 1. The van der Waals surface area contributed by atoms with Gasteiger partial charge in [-0.05, 0) is 42.5 Å². The predicted molar refractivity (Wildman–Crippen MR) is 133 cm³/mol. The van der Waals surface area contributed by atoms with Crippen molar-refractivity contribution in [3.8, 4) is 56.5 Å². The molecule has 0 saturated heterocycles. The molecule has 7 rings (SSSR count). The largest absolute Gasteiger partial charge is 0.464 e. The standard InChI is InChI=1S/C27H17N7O2/c1-4-17(29-8-1)16-14-20-24(26(22-6-3-12-35-22)23(16)19-7-13-36-34-19)25(18-5-2-9-31-33-18)27(32-20)21-15-28-10-11-30-21/h1-15,29,32H. The second-order valence-electron chi connectivity index (χ2n) is 8.12. The van der Waals surface area contributed by atoms with Crippen LogP contribution in [0, 0.1) is 0 Å². The Balaban J connectivity index is 1.70. The summed E-state index contributed by atoms with van der Waals surface area (Å²) >= 11 is 0. The molecule has 0 aliphatic heterocycles. The van der Waals surface area contributed by atoms with Crippen molar-refractivity contribution < 1.29 is 8.94 Å². The molecule has 0 aliphatic carbocycles. The van der Waals surface area contributed by atoms with Crippen molar-refractivity contribution in [3.05, 3.63) is 92.0 Å². The van der Waals surface area contributed by atoms with Gasteiger partial charge in [-0.15, -0.1) is 0 Å². The van der Waals surface area contributed by atoms with Crippen LogP contribution in [-0.2, 0) is 0 Å². The highest BCUT2D eigenvalue weighted by atomic mass is 16.5. The lowest BCUT2D eigenvalue weighted by Gasteiger charge is -2.14. The summed E-state index contributed by atoms with van der Waals surface area (Å²) < 4.78 is 11.3. The van der Waals surface area contributed by atoms with E-state index in [0.717, 1.165) is 44.5 Å². The van der Waals surface area contributed by atoms with Gasteiger partial charge in [-0.1, -0.05) is 5.16 Å². The second-order valence-corrected chi connectivity index (χ2v) is 8.12. The van der Waals surface area contributed by atoms with Crippen LogP contribution in [0.3, 0.4) is 0 Å². The molecule has 7 aromatic rings. The minimum absolute atomic E-state index is 0.681. The third-order valence-corrected chi connectivity index (χ3v) is 6.08. The van der Waals surface area contributed by atoms with Crippen LogP contribution in [0.15, 0.2) is 101 Å². The monoisotopic (exact) mass is 471 g/mol. The summed E-state index contributed by atoms with van der Waals surface area (Å²) in [5, 5.41) is 13.8. The molecule has 9 nitrogen and oxygen atoms in total. The van der Waals surface area contributed by atoms with Crippen molar-refractivity contribution in [2.45, 2.75) is 0 Å². The summed E-state index contributed by atoms with van der Waals surface area (Å²) in [6.45, 7) is 0. The molecule has 0 atom stereocenters. The molecular formula is C27H17N7O2. The average Bonchev–Trinajstić information content (AvgIpc) is 3.76. The van der Waals surface area contributed by atoms with Crippen LogP contribution in [0.4, 0.5) is 0 Å². The van der Waals surface area contributed by atoms with E-state index in [4.69, 9.17) is 8.94 Å². The normalized spacial score (nSPS) is 11.3. The maximum Gasteiger partial charge on any atom is 0.135 e. The topological polar surface area (TPSA) is 122 Å². The third-order valence-electron chi connectivity index (χ3n) is 6.08. The lowest BCUT2D eigenvalue weighted by atomic mass is 9.89. The first-order valence-electron chi connectivity index (χ1n) is 11.2. The van der Waals surface area contributed by atoms with E-state index in [0.29, 0.717) is 22.8 Å². The van der Waals surface area contributed by atoms with Crippen LogP contribution >= 0.6 is 0 Å². The fourth-order valence-electron chi connectivity index (χ4n) is 4.66. The average molecular weight is 471 g/mol. The Morgan fingerprint density at radius 2 is 1.81 bits per heavy atom. The van der Waals surface area contributed by atoms with E-state index >= 15 is 0 Å². The summed E-state index contributed by atoms with van der Waals surface area (Å²) in [4.78, 5) is 15.8. The van der Waals surface area contributed by atoms with Gasteiger partial charge in [-0.3, -0.25) is 9.97 Å². The molecule has 1 aromatic carbocycles. The zero-order valence-electron chi connectivity index (χ0n) is 18.7. The first-order chi connectivity index (χ1) is 17.9. The smallest absolute Gasteiger partial charge is 0.135 e. The Morgan fingerprint density at radius 1 is 0.806 bits per heavy atom. The van der Waals surface area contributed by atoms with Crippen molar-refractivity contribution in [3.63, 3.8) is 0 Å². The first-order valence-corrected chi connectivity index (χ1v) is 11.2. The van der Waals surface area contributed by atoms with Crippen LogP contribution in [0.25, 0.3) is 67.4 Å². The molecule has 0 radical (unpaired) electrons. The second kappa shape index (κ2) is 8.17. The van der Waals surface area contributed by atoms with Gasteiger partial charge in [-0.2, -0.15) is 10.2 Å². The van der Waals surface area contributed by atoms with Gasteiger partial charge in [0.05, 0.1) is 23.8 Å². The Bertz CT molecular complexity index is 1760.